The molecule has 0 saturated heterocycles. The van der Waals surface area contributed by atoms with Gasteiger partial charge in [0.15, 0.2) is 0 Å². The van der Waals surface area contributed by atoms with E-state index in [9.17, 15) is 13.2 Å². The molecule has 0 aliphatic rings. The van der Waals surface area contributed by atoms with Gasteiger partial charge in [0.2, 0.25) is 0 Å². The van der Waals surface area contributed by atoms with Crippen molar-refractivity contribution in [1.82, 2.24) is 4.98 Å². The minimum absolute atomic E-state index is 0.0453. The zero-order chi connectivity index (χ0) is 16.1. The van der Waals surface area contributed by atoms with Crippen LogP contribution in [0.25, 0.3) is 0 Å². The summed E-state index contributed by atoms with van der Waals surface area (Å²) in [5.74, 6) is 0.329. The van der Waals surface area contributed by atoms with E-state index in [2.05, 4.69) is 15.6 Å². The molecule has 0 aliphatic heterocycles. The van der Waals surface area contributed by atoms with Crippen molar-refractivity contribution in [3.05, 3.63) is 17.7 Å². The van der Waals surface area contributed by atoms with E-state index in [-0.39, 0.29) is 18.2 Å². The van der Waals surface area contributed by atoms with E-state index in [0.29, 0.717) is 19.4 Å². The van der Waals surface area contributed by atoms with E-state index in [1.165, 1.54) is 0 Å². The third-order valence-corrected chi connectivity index (χ3v) is 3.38. The maximum absolute atomic E-state index is 12.9. The second kappa shape index (κ2) is 6.98. The Kier molecular flexibility index (Phi) is 5.83. The lowest BCUT2D eigenvalue weighted by molar-refractivity contribution is -0.137. The number of hydrogen-bond acceptors (Lipinski definition) is 4. The average molecular weight is 305 g/mol. The van der Waals surface area contributed by atoms with Crippen molar-refractivity contribution in [2.75, 3.05) is 23.8 Å². The molecule has 0 spiro atoms. The van der Waals surface area contributed by atoms with Gasteiger partial charge in [0.25, 0.3) is 0 Å². The molecule has 0 radical (unpaired) electrons. The van der Waals surface area contributed by atoms with Gasteiger partial charge in [-0.2, -0.15) is 13.2 Å². The van der Waals surface area contributed by atoms with Gasteiger partial charge in [-0.1, -0.05) is 6.92 Å². The van der Waals surface area contributed by atoms with Gasteiger partial charge in [0.05, 0.1) is 5.56 Å². The molecule has 1 aromatic heterocycles. The van der Waals surface area contributed by atoms with E-state index >= 15 is 0 Å². The molecule has 3 N–H and O–H groups in total. The predicted octanol–water partition coefficient (Wildman–Crippen LogP) is 3.50. The predicted molar refractivity (Wildman–Crippen MR) is 77.4 cm³/mol. The summed E-state index contributed by atoms with van der Waals surface area (Å²) in [4.78, 5) is 4.15. The lowest BCUT2D eigenvalue weighted by Crippen LogP contribution is -2.35. The molecule has 0 bridgehead atoms. The van der Waals surface area contributed by atoms with E-state index < -0.39 is 17.3 Å². The molecule has 0 aromatic carbocycles. The SMILES string of the molecule is CCNc1cc(C(F)(F)F)cc(NC(C)(CC)CCO)n1. The summed E-state index contributed by atoms with van der Waals surface area (Å²) in [6.45, 7) is 5.97. The van der Waals surface area contributed by atoms with Gasteiger partial charge < -0.3 is 15.7 Å². The summed E-state index contributed by atoms with van der Waals surface area (Å²) >= 11 is 0. The highest BCUT2D eigenvalue weighted by Crippen LogP contribution is 2.33. The lowest BCUT2D eigenvalue weighted by Gasteiger charge is -2.30. The van der Waals surface area contributed by atoms with Crippen LogP contribution in [0.15, 0.2) is 12.1 Å². The average Bonchev–Trinajstić information content (AvgIpc) is 2.38. The molecule has 0 aliphatic carbocycles. The van der Waals surface area contributed by atoms with Gasteiger partial charge in [0, 0.05) is 18.7 Å². The monoisotopic (exact) mass is 305 g/mol. The van der Waals surface area contributed by atoms with Crippen LogP contribution in [-0.4, -0.2) is 28.8 Å². The molecular formula is C14H22F3N3O. The topological polar surface area (TPSA) is 57.2 Å². The van der Waals surface area contributed by atoms with Crippen LogP contribution in [0.4, 0.5) is 24.8 Å². The molecule has 1 aromatic rings. The van der Waals surface area contributed by atoms with Crippen LogP contribution in [0.3, 0.4) is 0 Å². The summed E-state index contributed by atoms with van der Waals surface area (Å²) in [5.41, 5.74) is -1.26. The van der Waals surface area contributed by atoms with Crippen molar-refractivity contribution in [3.63, 3.8) is 0 Å². The Balaban J connectivity index is 3.13. The first kappa shape index (κ1) is 17.6. The van der Waals surface area contributed by atoms with Crippen LogP contribution in [-0.2, 0) is 6.18 Å². The number of anilines is 2. The van der Waals surface area contributed by atoms with Crippen molar-refractivity contribution in [1.29, 1.82) is 0 Å². The first-order valence-corrected chi connectivity index (χ1v) is 6.96. The molecule has 0 amide bonds. The van der Waals surface area contributed by atoms with Crippen LogP contribution < -0.4 is 10.6 Å². The maximum atomic E-state index is 12.9. The quantitative estimate of drug-likeness (QED) is 0.722. The summed E-state index contributed by atoms with van der Waals surface area (Å²) in [6.07, 6.45) is -3.34. The minimum atomic E-state index is -4.43. The first-order valence-electron chi connectivity index (χ1n) is 6.96. The number of alkyl halides is 3. The van der Waals surface area contributed by atoms with Gasteiger partial charge in [-0.15, -0.1) is 0 Å². The van der Waals surface area contributed by atoms with Crippen LogP contribution in [0, 0.1) is 0 Å². The molecule has 1 rings (SSSR count). The fourth-order valence-corrected chi connectivity index (χ4v) is 1.91. The van der Waals surface area contributed by atoms with E-state index in [0.717, 1.165) is 12.1 Å². The minimum Gasteiger partial charge on any atom is -0.396 e. The van der Waals surface area contributed by atoms with E-state index in [4.69, 9.17) is 5.11 Å². The Morgan fingerprint density at radius 2 is 1.81 bits per heavy atom. The number of rotatable bonds is 7. The molecule has 4 nitrogen and oxygen atoms in total. The number of aliphatic hydroxyl groups is 1. The zero-order valence-corrected chi connectivity index (χ0v) is 12.5. The van der Waals surface area contributed by atoms with Crippen molar-refractivity contribution < 1.29 is 18.3 Å². The van der Waals surface area contributed by atoms with E-state index in [1.54, 1.807) is 6.92 Å². The second-order valence-corrected chi connectivity index (χ2v) is 5.17. The highest BCUT2D eigenvalue weighted by Gasteiger charge is 2.32. The van der Waals surface area contributed by atoms with Gasteiger partial charge in [-0.3, -0.25) is 0 Å². The molecule has 120 valence electrons. The second-order valence-electron chi connectivity index (χ2n) is 5.17. The third-order valence-electron chi connectivity index (χ3n) is 3.38. The normalized spacial score (nSPS) is 14.6. The highest BCUT2D eigenvalue weighted by molar-refractivity contribution is 5.50. The zero-order valence-electron chi connectivity index (χ0n) is 12.5. The van der Waals surface area contributed by atoms with Gasteiger partial charge in [0.1, 0.15) is 11.6 Å². The lowest BCUT2D eigenvalue weighted by atomic mass is 9.95. The van der Waals surface area contributed by atoms with Crippen molar-refractivity contribution in [2.24, 2.45) is 0 Å². The Morgan fingerprint density at radius 1 is 1.19 bits per heavy atom. The Hall–Kier alpha value is -1.50. The summed E-state index contributed by atoms with van der Waals surface area (Å²) in [6, 6.07) is 1.98. The fraction of sp³-hybridized carbons (Fsp3) is 0.643. The van der Waals surface area contributed by atoms with Gasteiger partial charge in [-0.05, 0) is 38.8 Å². The number of halogens is 3. The van der Waals surface area contributed by atoms with Crippen molar-refractivity contribution >= 4 is 11.6 Å². The van der Waals surface area contributed by atoms with Crippen LogP contribution in [0.1, 0.15) is 39.2 Å². The van der Waals surface area contributed by atoms with Gasteiger partial charge in [-0.25, -0.2) is 4.98 Å². The molecule has 1 unspecified atom stereocenters. The van der Waals surface area contributed by atoms with Crippen molar-refractivity contribution in [2.45, 2.75) is 45.3 Å². The molecule has 1 atom stereocenters. The smallest absolute Gasteiger partial charge is 0.396 e. The Morgan fingerprint density at radius 3 is 2.29 bits per heavy atom. The number of nitrogens with zero attached hydrogens (tertiary/aromatic N) is 1. The number of hydrogen-bond donors (Lipinski definition) is 3. The number of nitrogens with one attached hydrogen (secondary N) is 2. The molecule has 1 heterocycles. The highest BCUT2D eigenvalue weighted by atomic mass is 19.4. The summed E-state index contributed by atoms with van der Waals surface area (Å²) < 4.78 is 38.8. The standard InChI is InChI=1S/C14H22F3N3O/c1-4-13(3,6-7-21)20-12-9-10(14(15,16)17)8-11(19-12)18-5-2/h8-9,21H,4-7H2,1-3H3,(H2,18,19,20). The van der Waals surface area contributed by atoms with Crippen LogP contribution in [0.5, 0.6) is 0 Å². The summed E-state index contributed by atoms with van der Waals surface area (Å²) in [7, 11) is 0. The van der Waals surface area contributed by atoms with Gasteiger partial charge >= 0.3 is 6.18 Å². The molecule has 0 saturated carbocycles. The van der Waals surface area contributed by atoms with Crippen molar-refractivity contribution in [3.8, 4) is 0 Å². The Labute approximate surface area is 122 Å². The Bertz CT molecular complexity index is 465. The maximum Gasteiger partial charge on any atom is 0.416 e. The summed E-state index contributed by atoms with van der Waals surface area (Å²) in [5, 5.41) is 14.9. The number of aromatic nitrogens is 1. The molecule has 0 fully saturated rings. The van der Waals surface area contributed by atoms with Crippen LogP contribution >= 0.6 is 0 Å². The fourth-order valence-electron chi connectivity index (χ4n) is 1.91. The molecular weight excluding hydrogens is 283 g/mol. The molecule has 21 heavy (non-hydrogen) atoms. The van der Waals surface area contributed by atoms with Crippen LogP contribution in [0.2, 0.25) is 0 Å². The number of aliphatic hydroxyl groups excluding tert-OH is 1. The first-order chi connectivity index (χ1) is 9.74. The third kappa shape index (κ3) is 5.08. The largest absolute Gasteiger partial charge is 0.416 e. The molecule has 7 heteroatoms. The number of pyridine rings is 1. The van der Waals surface area contributed by atoms with E-state index in [1.807, 2.05) is 13.8 Å².